The quantitative estimate of drug-likeness (QED) is 0.423. The molecule has 0 amide bonds. The van der Waals surface area contributed by atoms with E-state index in [4.69, 9.17) is 0 Å². The maximum absolute atomic E-state index is 13.4. The second-order valence-corrected chi connectivity index (χ2v) is 2.86. The lowest BCUT2D eigenvalue weighted by Crippen LogP contribution is -2.01. The highest BCUT2D eigenvalue weighted by Gasteiger charge is 2.19. The minimum atomic E-state index is -0.933. The fraction of sp³-hybridized carbons (Fsp3) is 0.222. The number of nitrogens with zero attached hydrogens (tertiary/aromatic N) is 1. The lowest BCUT2D eigenvalue weighted by atomic mass is 10.0. The summed E-state index contributed by atoms with van der Waals surface area (Å²) in [5.74, 6) is -1.60. The van der Waals surface area contributed by atoms with Gasteiger partial charge in [0.25, 0.3) is 0 Å². The maximum atomic E-state index is 13.4. The lowest BCUT2D eigenvalue weighted by molar-refractivity contribution is -0.387. The third-order valence-corrected chi connectivity index (χ3v) is 1.90. The molecule has 5 heteroatoms. The molecular formula is C9H8FNO3. The van der Waals surface area contributed by atoms with Crippen molar-refractivity contribution in [2.75, 3.05) is 0 Å². The van der Waals surface area contributed by atoms with Gasteiger partial charge in [-0.1, -0.05) is 19.1 Å². The standard InChI is InChI=1S/C9H8FNO3/c1-6(5-12)7-3-2-4-8(9(7)10)11(13)14/h2-6H,1H3. The third kappa shape index (κ3) is 1.76. The van der Waals surface area contributed by atoms with Crippen molar-refractivity contribution < 1.29 is 14.1 Å². The smallest absolute Gasteiger partial charge is 0.303 e. The Bertz CT molecular complexity index is 378. The van der Waals surface area contributed by atoms with Crippen molar-refractivity contribution in [1.29, 1.82) is 0 Å². The average molecular weight is 197 g/mol. The molecule has 0 radical (unpaired) electrons. The summed E-state index contributed by atoms with van der Waals surface area (Å²) >= 11 is 0. The average Bonchev–Trinajstić information content (AvgIpc) is 2.16. The number of hydrogen-bond donors (Lipinski definition) is 0. The van der Waals surface area contributed by atoms with Gasteiger partial charge in [0.2, 0.25) is 5.82 Å². The van der Waals surface area contributed by atoms with E-state index in [0.29, 0.717) is 6.29 Å². The molecule has 0 aromatic heterocycles. The molecule has 0 aliphatic rings. The van der Waals surface area contributed by atoms with Crippen molar-refractivity contribution in [2.45, 2.75) is 12.8 Å². The molecule has 0 saturated heterocycles. The van der Waals surface area contributed by atoms with Gasteiger partial charge in [-0.25, -0.2) is 0 Å². The number of benzene rings is 1. The summed E-state index contributed by atoms with van der Waals surface area (Å²) in [6.45, 7) is 1.48. The van der Waals surface area contributed by atoms with Crippen LogP contribution in [0.2, 0.25) is 0 Å². The van der Waals surface area contributed by atoms with Crippen LogP contribution in [0.4, 0.5) is 10.1 Å². The van der Waals surface area contributed by atoms with Gasteiger partial charge in [0.05, 0.1) is 4.92 Å². The van der Waals surface area contributed by atoms with Gasteiger partial charge < -0.3 is 4.79 Å². The van der Waals surface area contributed by atoms with Crippen LogP contribution in [0.3, 0.4) is 0 Å². The lowest BCUT2D eigenvalue weighted by Gasteiger charge is -2.04. The maximum Gasteiger partial charge on any atom is 0.305 e. The first-order chi connectivity index (χ1) is 6.57. The molecule has 1 rings (SSSR count). The molecule has 0 spiro atoms. The Morgan fingerprint density at radius 3 is 2.71 bits per heavy atom. The van der Waals surface area contributed by atoms with Crippen LogP contribution in [-0.4, -0.2) is 11.2 Å². The van der Waals surface area contributed by atoms with Crippen LogP contribution in [0.5, 0.6) is 0 Å². The fourth-order valence-electron chi connectivity index (χ4n) is 1.10. The molecule has 1 atom stereocenters. The predicted molar refractivity (Wildman–Crippen MR) is 47.5 cm³/mol. The summed E-state index contributed by atoms with van der Waals surface area (Å²) in [4.78, 5) is 20.0. The van der Waals surface area contributed by atoms with Gasteiger partial charge in [0.15, 0.2) is 0 Å². The van der Waals surface area contributed by atoms with Crippen LogP contribution >= 0.6 is 0 Å². The van der Waals surface area contributed by atoms with Gasteiger partial charge in [-0.2, -0.15) is 4.39 Å². The molecule has 0 bridgehead atoms. The van der Waals surface area contributed by atoms with Gasteiger partial charge >= 0.3 is 5.69 Å². The second-order valence-electron chi connectivity index (χ2n) is 2.86. The van der Waals surface area contributed by atoms with E-state index in [-0.39, 0.29) is 5.56 Å². The summed E-state index contributed by atoms with van der Waals surface area (Å²) in [5, 5.41) is 10.4. The molecule has 74 valence electrons. The molecule has 0 aliphatic carbocycles. The van der Waals surface area contributed by atoms with Gasteiger partial charge in [-0.15, -0.1) is 0 Å². The van der Waals surface area contributed by atoms with E-state index in [2.05, 4.69) is 0 Å². The Hall–Kier alpha value is -1.78. The molecule has 1 aromatic carbocycles. The summed E-state index contributed by atoms with van der Waals surface area (Å²) in [5.41, 5.74) is -0.551. The highest BCUT2D eigenvalue weighted by Crippen LogP contribution is 2.24. The molecule has 0 heterocycles. The molecule has 4 nitrogen and oxygen atoms in total. The van der Waals surface area contributed by atoms with E-state index in [1.807, 2.05) is 0 Å². The van der Waals surface area contributed by atoms with Crippen LogP contribution in [-0.2, 0) is 4.79 Å². The Balaban J connectivity index is 3.26. The van der Waals surface area contributed by atoms with Gasteiger partial charge in [-0.05, 0) is 0 Å². The molecule has 0 N–H and O–H groups in total. The number of rotatable bonds is 3. The number of halogens is 1. The Morgan fingerprint density at radius 2 is 2.21 bits per heavy atom. The van der Waals surface area contributed by atoms with Crippen molar-refractivity contribution in [2.24, 2.45) is 0 Å². The number of carbonyl (C=O) groups is 1. The van der Waals surface area contributed by atoms with Gasteiger partial charge in [0, 0.05) is 17.5 Å². The van der Waals surface area contributed by atoms with Crippen LogP contribution < -0.4 is 0 Å². The van der Waals surface area contributed by atoms with Crippen molar-refractivity contribution in [1.82, 2.24) is 0 Å². The summed E-state index contributed by atoms with van der Waals surface area (Å²) < 4.78 is 13.4. The zero-order valence-electron chi connectivity index (χ0n) is 7.44. The van der Waals surface area contributed by atoms with Gasteiger partial charge in [-0.3, -0.25) is 10.1 Å². The molecule has 14 heavy (non-hydrogen) atoms. The topological polar surface area (TPSA) is 60.2 Å². The van der Waals surface area contributed by atoms with E-state index in [0.717, 1.165) is 6.07 Å². The first kappa shape index (κ1) is 10.3. The summed E-state index contributed by atoms with van der Waals surface area (Å²) in [7, 11) is 0. The molecule has 0 saturated carbocycles. The van der Waals surface area contributed by atoms with E-state index in [9.17, 15) is 19.3 Å². The fourth-order valence-corrected chi connectivity index (χ4v) is 1.10. The number of nitro benzene ring substituents is 1. The predicted octanol–water partition coefficient (Wildman–Crippen LogP) is 2.04. The van der Waals surface area contributed by atoms with Crippen LogP contribution in [0, 0.1) is 15.9 Å². The molecule has 0 fully saturated rings. The summed E-state index contributed by atoms with van der Waals surface area (Å²) in [6.07, 6.45) is 0.544. The number of aldehydes is 1. The van der Waals surface area contributed by atoms with E-state index < -0.39 is 22.3 Å². The zero-order valence-corrected chi connectivity index (χ0v) is 7.44. The minimum absolute atomic E-state index is 0.0502. The van der Waals surface area contributed by atoms with E-state index in [1.165, 1.54) is 19.1 Å². The monoisotopic (exact) mass is 197 g/mol. The molecular weight excluding hydrogens is 189 g/mol. The number of hydrogen-bond acceptors (Lipinski definition) is 3. The van der Waals surface area contributed by atoms with Crippen LogP contribution in [0.15, 0.2) is 18.2 Å². The van der Waals surface area contributed by atoms with Crippen molar-refractivity contribution >= 4 is 12.0 Å². The van der Waals surface area contributed by atoms with Crippen molar-refractivity contribution in [3.63, 3.8) is 0 Å². The molecule has 1 unspecified atom stereocenters. The zero-order chi connectivity index (χ0) is 10.7. The Labute approximate surface area is 79.5 Å². The summed E-state index contributed by atoms with van der Waals surface area (Å²) in [6, 6.07) is 3.79. The largest absolute Gasteiger partial charge is 0.305 e. The van der Waals surface area contributed by atoms with Crippen molar-refractivity contribution in [3.05, 3.63) is 39.7 Å². The van der Waals surface area contributed by atoms with E-state index in [1.54, 1.807) is 0 Å². The molecule has 0 aliphatic heterocycles. The highest BCUT2D eigenvalue weighted by molar-refractivity contribution is 5.62. The van der Waals surface area contributed by atoms with Gasteiger partial charge in [0.1, 0.15) is 6.29 Å². The third-order valence-electron chi connectivity index (χ3n) is 1.90. The highest BCUT2D eigenvalue weighted by atomic mass is 19.1. The SMILES string of the molecule is CC(C=O)c1cccc([N+](=O)[O-])c1F. The normalized spacial score (nSPS) is 12.1. The minimum Gasteiger partial charge on any atom is -0.303 e. The van der Waals surface area contributed by atoms with Crippen molar-refractivity contribution in [3.8, 4) is 0 Å². The second kappa shape index (κ2) is 3.95. The number of nitro groups is 1. The molecule has 1 aromatic rings. The van der Waals surface area contributed by atoms with E-state index >= 15 is 0 Å². The Kier molecular flexibility index (Phi) is 2.91. The number of carbonyl (C=O) groups excluding carboxylic acids is 1. The first-order valence-corrected chi connectivity index (χ1v) is 3.96. The van der Waals surface area contributed by atoms with Crippen LogP contribution in [0.1, 0.15) is 18.4 Å². The Morgan fingerprint density at radius 1 is 1.57 bits per heavy atom. The first-order valence-electron chi connectivity index (χ1n) is 3.96. The van der Waals surface area contributed by atoms with Crippen LogP contribution in [0.25, 0.3) is 0 Å².